The van der Waals surface area contributed by atoms with Gasteiger partial charge in [-0.25, -0.2) is 4.39 Å². The first-order chi connectivity index (χ1) is 9.06. The second-order valence-corrected chi connectivity index (χ2v) is 4.61. The fraction of sp³-hybridized carbons (Fsp3) is 0.357. The quantitative estimate of drug-likeness (QED) is 0.869. The van der Waals surface area contributed by atoms with Gasteiger partial charge >= 0.3 is 0 Å². The summed E-state index contributed by atoms with van der Waals surface area (Å²) in [6.07, 6.45) is 2.69. The molecule has 0 aliphatic carbocycles. The van der Waals surface area contributed by atoms with Crippen LogP contribution < -0.4 is 5.32 Å². The van der Waals surface area contributed by atoms with Crippen LogP contribution in [0.4, 0.5) is 4.39 Å². The molecule has 4 nitrogen and oxygen atoms in total. The Morgan fingerprint density at radius 2 is 2.21 bits per heavy atom. The van der Waals surface area contributed by atoms with Crippen LogP contribution in [0.1, 0.15) is 24.2 Å². The number of hydrogen-bond acceptors (Lipinski definition) is 3. The van der Waals surface area contributed by atoms with Gasteiger partial charge in [0, 0.05) is 37.8 Å². The lowest BCUT2D eigenvalue weighted by Gasteiger charge is -2.15. The van der Waals surface area contributed by atoms with Gasteiger partial charge in [0.2, 0.25) is 0 Å². The Morgan fingerprint density at radius 3 is 2.89 bits per heavy atom. The van der Waals surface area contributed by atoms with Crippen LogP contribution in [0.5, 0.6) is 5.75 Å². The molecule has 1 unspecified atom stereocenters. The minimum atomic E-state index is -0.342. The van der Waals surface area contributed by atoms with Crippen LogP contribution >= 0.6 is 0 Å². The molecule has 0 aliphatic heterocycles. The molecule has 2 rings (SSSR count). The van der Waals surface area contributed by atoms with Crippen LogP contribution in [0.2, 0.25) is 0 Å². The van der Waals surface area contributed by atoms with Crippen LogP contribution in [-0.2, 0) is 13.5 Å². The molecule has 1 heterocycles. The smallest absolute Gasteiger partial charge is 0.123 e. The molecule has 0 amide bonds. The zero-order chi connectivity index (χ0) is 13.8. The number of nitrogens with one attached hydrogen (secondary N) is 1. The zero-order valence-corrected chi connectivity index (χ0v) is 11.1. The summed E-state index contributed by atoms with van der Waals surface area (Å²) >= 11 is 0. The van der Waals surface area contributed by atoms with E-state index in [4.69, 9.17) is 0 Å². The lowest BCUT2D eigenvalue weighted by molar-refractivity contribution is 0.449. The monoisotopic (exact) mass is 263 g/mol. The Morgan fingerprint density at radius 1 is 1.42 bits per heavy atom. The number of aromatic nitrogens is 2. The van der Waals surface area contributed by atoms with Gasteiger partial charge in [0.25, 0.3) is 0 Å². The molecule has 5 heteroatoms. The van der Waals surface area contributed by atoms with Gasteiger partial charge in [-0.15, -0.1) is 0 Å². The number of phenolic OH excluding ortho intramolecular Hbond substituents is 1. The van der Waals surface area contributed by atoms with E-state index in [2.05, 4.69) is 10.4 Å². The van der Waals surface area contributed by atoms with Crippen molar-refractivity contribution in [3.8, 4) is 5.75 Å². The molecule has 0 spiro atoms. The standard InChI is InChI=1S/C14H18FN3O/c1-10(13-9-11(15)3-4-14(13)19)16-7-5-12-6-8-18(2)17-12/h3-4,6,8-10,16,19H,5,7H2,1-2H3. The molecule has 2 N–H and O–H groups in total. The maximum absolute atomic E-state index is 13.1. The summed E-state index contributed by atoms with van der Waals surface area (Å²) in [5, 5.41) is 17.2. The van der Waals surface area contributed by atoms with E-state index >= 15 is 0 Å². The molecule has 0 saturated carbocycles. The summed E-state index contributed by atoms with van der Waals surface area (Å²) in [5.74, 6) is -0.231. The Bertz CT molecular complexity index is 553. The average molecular weight is 263 g/mol. The second-order valence-electron chi connectivity index (χ2n) is 4.61. The van der Waals surface area contributed by atoms with Gasteiger partial charge in [-0.2, -0.15) is 5.10 Å². The number of aromatic hydroxyl groups is 1. The van der Waals surface area contributed by atoms with Crippen molar-refractivity contribution in [2.45, 2.75) is 19.4 Å². The molecule has 1 aromatic carbocycles. The van der Waals surface area contributed by atoms with Gasteiger partial charge in [0.05, 0.1) is 5.69 Å². The van der Waals surface area contributed by atoms with Gasteiger partial charge in [-0.3, -0.25) is 4.68 Å². The van der Waals surface area contributed by atoms with Gasteiger partial charge in [0.15, 0.2) is 0 Å². The highest BCUT2D eigenvalue weighted by molar-refractivity contribution is 5.34. The molecular formula is C14H18FN3O. The second kappa shape index (κ2) is 5.84. The van der Waals surface area contributed by atoms with Crippen molar-refractivity contribution in [3.63, 3.8) is 0 Å². The van der Waals surface area contributed by atoms with Crippen LogP contribution in [0.3, 0.4) is 0 Å². The van der Waals surface area contributed by atoms with Crippen LogP contribution in [0.25, 0.3) is 0 Å². The summed E-state index contributed by atoms with van der Waals surface area (Å²) in [6, 6.07) is 5.83. The zero-order valence-electron chi connectivity index (χ0n) is 11.1. The minimum Gasteiger partial charge on any atom is -0.508 e. The van der Waals surface area contributed by atoms with Crippen LogP contribution in [-0.4, -0.2) is 21.4 Å². The minimum absolute atomic E-state index is 0.110. The molecule has 102 valence electrons. The number of halogens is 1. The molecule has 2 aromatic rings. The molecule has 0 aliphatic rings. The Kier molecular flexibility index (Phi) is 4.16. The summed E-state index contributed by atoms with van der Waals surface area (Å²) in [5.41, 5.74) is 1.58. The van der Waals surface area contributed by atoms with Crippen molar-refractivity contribution in [2.75, 3.05) is 6.54 Å². The molecule has 0 bridgehead atoms. The lowest BCUT2D eigenvalue weighted by atomic mass is 10.1. The van der Waals surface area contributed by atoms with E-state index in [1.807, 2.05) is 26.2 Å². The first-order valence-corrected chi connectivity index (χ1v) is 6.26. The van der Waals surface area contributed by atoms with Gasteiger partial charge in [0.1, 0.15) is 11.6 Å². The Hall–Kier alpha value is -1.88. The fourth-order valence-corrected chi connectivity index (χ4v) is 2.00. The number of phenols is 1. The lowest BCUT2D eigenvalue weighted by Crippen LogP contribution is -2.21. The third kappa shape index (κ3) is 3.54. The van der Waals surface area contributed by atoms with E-state index < -0.39 is 0 Å². The van der Waals surface area contributed by atoms with E-state index in [1.165, 1.54) is 18.2 Å². The Labute approximate surface area is 111 Å². The average Bonchev–Trinajstić information content (AvgIpc) is 2.78. The first kappa shape index (κ1) is 13.5. The highest BCUT2D eigenvalue weighted by Crippen LogP contribution is 2.24. The third-order valence-electron chi connectivity index (χ3n) is 3.06. The van der Waals surface area contributed by atoms with E-state index in [0.29, 0.717) is 12.1 Å². The molecule has 0 saturated heterocycles. The Balaban J connectivity index is 1.90. The van der Waals surface area contributed by atoms with E-state index in [1.54, 1.807) is 4.68 Å². The molecule has 19 heavy (non-hydrogen) atoms. The maximum atomic E-state index is 13.1. The predicted molar refractivity (Wildman–Crippen MR) is 71.4 cm³/mol. The third-order valence-corrected chi connectivity index (χ3v) is 3.06. The molecule has 1 aromatic heterocycles. The fourth-order valence-electron chi connectivity index (χ4n) is 2.00. The SMILES string of the molecule is CC(NCCc1ccn(C)n1)c1cc(F)ccc1O. The summed E-state index contributed by atoms with van der Waals surface area (Å²) < 4.78 is 14.9. The maximum Gasteiger partial charge on any atom is 0.123 e. The topological polar surface area (TPSA) is 50.1 Å². The number of benzene rings is 1. The normalized spacial score (nSPS) is 12.6. The molecule has 1 atom stereocenters. The number of nitrogens with zero attached hydrogens (tertiary/aromatic N) is 2. The first-order valence-electron chi connectivity index (χ1n) is 6.26. The number of aryl methyl sites for hydroxylation is 1. The van der Waals surface area contributed by atoms with E-state index in [-0.39, 0.29) is 17.6 Å². The van der Waals surface area contributed by atoms with Crippen LogP contribution in [0, 0.1) is 5.82 Å². The van der Waals surface area contributed by atoms with Crippen molar-refractivity contribution in [3.05, 3.63) is 47.5 Å². The molecular weight excluding hydrogens is 245 g/mol. The van der Waals surface area contributed by atoms with E-state index in [0.717, 1.165) is 12.1 Å². The largest absolute Gasteiger partial charge is 0.508 e. The highest BCUT2D eigenvalue weighted by atomic mass is 19.1. The van der Waals surface area contributed by atoms with Gasteiger partial charge in [-0.1, -0.05) is 0 Å². The predicted octanol–water partition coefficient (Wildman–Crippen LogP) is 2.16. The van der Waals surface area contributed by atoms with Crippen molar-refractivity contribution in [1.82, 2.24) is 15.1 Å². The number of hydrogen-bond donors (Lipinski definition) is 2. The van der Waals surface area contributed by atoms with Gasteiger partial charge < -0.3 is 10.4 Å². The summed E-state index contributed by atoms with van der Waals surface area (Å²) in [6.45, 7) is 2.61. The van der Waals surface area contributed by atoms with Crippen molar-refractivity contribution >= 4 is 0 Å². The summed E-state index contributed by atoms with van der Waals surface area (Å²) in [4.78, 5) is 0. The number of rotatable bonds is 5. The van der Waals surface area contributed by atoms with Crippen molar-refractivity contribution in [1.29, 1.82) is 0 Å². The van der Waals surface area contributed by atoms with E-state index in [9.17, 15) is 9.50 Å². The summed E-state index contributed by atoms with van der Waals surface area (Å²) in [7, 11) is 1.88. The molecule has 0 fully saturated rings. The van der Waals surface area contributed by atoms with Crippen molar-refractivity contribution in [2.24, 2.45) is 7.05 Å². The highest BCUT2D eigenvalue weighted by Gasteiger charge is 2.11. The molecule has 0 radical (unpaired) electrons. The van der Waals surface area contributed by atoms with Gasteiger partial charge in [-0.05, 0) is 31.2 Å². The van der Waals surface area contributed by atoms with Crippen LogP contribution in [0.15, 0.2) is 30.5 Å². The van der Waals surface area contributed by atoms with Crippen molar-refractivity contribution < 1.29 is 9.50 Å².